The zero-order valence-corrected chi connectivity index (χ0v) is 11.3. The van der Waals surface area contributed by atoms with Crippen LogP contribution in [0.4, 0.5) is 0 Å². The molecule has 18 heavy (non-hydrogen) atoms. The highest BCUT2D eigenvalue weighted by Crippen LogP contribution is 2.29. The van der Waals surface area contributed by atoms with E-state index in [9.17, 15) is 14.7 Å². The molecule has 1 fully saturated rings. The molecule has 0 unspecified atom stereocenters. The van der Waals surface area contributed by atoms with Crippen molar-refractivity contribution in [2.75, 3.05) is 13.1 Å². The number of aliphatic hydroxyl groups excluding tert-OH is 1. The molecule has 3 N–H and O–H groups in total. The summed E-state index contributed by atoms with van der Waals surface area (Å²) in [5.41, 5.74) is 5.03. The summed E-state index contributed by atoms with van der Waals surface area (Å²) in [6.45, 7) is 5.21. The summed E-state index contributed by atoms with van der Waals surface area (Å²) in [6.07, 6.45) is 1.83. The third-order valence-electron chi connectivity index (χ3n) is 3.93. The van der Waals surface area contributed by atoms with E-state index in [0.29, 0.717) is 19.0 Å². The van der Waals surface area contributed by atoms with Crippen molar-refractivity contribution in [1.82, 2.24) is 4.90 Å². The lowest BCUT2D eigenvalue weighted by Crippen LogP contribution is -2.30. The molecule has 0 bridgehead atoms. The molecule has 1 rings (SSSR count). The van der Waals surface area contributed by atoms with Crippen LogP contribution in [0.25, 0.3) is 0 Å². The van der Waals surface area contributed by atoms with Gasteiger partial charge >= 0.3 is 0 Å². The van der Waals surface area contributed by atoms with E-state index in [2.05, 4.69) is 13.8 Å². The van der Waals surface area contributed by atoms with Gasteiger partial charge in [0.05, 0.1) is 6.10 Å². The first-order valence-electron chi connectivity index (χ1n) is 6.73. The molecule has 1 aliphatic heterocycles. The van der Waals surface area contributed by atoms with Crippen LogP contribution in [0.1, 0.15) is 39.5 Å². The van der Waals surface area contributed by atoms with Gasteiger partial charge < -0.3 is 15.7 Å². The Balaban J connectivity index is 2.52. The van der Waals surface area contributed by atoms with Crippen molar-refractivity contribution in [3.05, 3.63) is 0 Å². The van der Waals surface area contributed by atoms with Crippen molar-refractivity contribution in [1.29, 1.82) is 0 Å². The third kappa shape index (κ3) is 3.70. The number of rotatable bonds is 6. The Morgan fingerprint density at radius 3 is 2.39 bits per heavy atom. The number of hydrogen-bond acceptors (Lipinski definition) is 3. The second-order valence-corrected chi connectivity index (χ2v) is 5.07. The van der Waals surface area contributed by atoms with Gasteiger partial charge in [0.2, 0.25) is 11.8 Å². The number of nitrogens with two attached hydrogens (primary N) is 1. The topological polar surface area (TPSA) is 83.6 Å². The number of carbonyl (C=O) groups excluding carboxylic acids is 2. The Kier molecular flexibility index (Phi) is 5.59. The second-order valence-electron chi connectivity index (χ2n) is 5.07. The molecule has 1 aliphatic rings. The minimum Gasteiger partial charge on any atom is -0.391 e. The van der Waals surface area contributed by atoms with Gasteiger partial charge in [0.1, 0.15) is 0 Å². The lowest BCUT2D eigenvalue weighted by Gasteiger charge is -2.23. The van der Waals surface area contributed by atoms with Gasteiger partial charge in [0.15, 0.2) is 0 Å². The summed E-state index contributed by atoms with van der Waals surface area (Å²) in [6, 6.07) is 0. The van der Waals surface area contributed by atoms with E-state index in [0.717, 1.165) is 12.8 Å². The molecule has 5 nitrogen and oxygen atoms in total. The van der Waals surface area contributed by atoms with E-state index in [1.165, 1.54) is 0 Å². The summed E-state index contributed by atoms with van der Waals surface area (Å²) in [4.78, 5) is 24.2. The Morgan fingerprint density at radius 2 is 1.89 bits per heavy atom. The van der Waals surface area contributed by atoms with Crippen molar-refractivity contribution < 1.29 is 14.7 Å². The maximum Gasteiger partial charge on any atom is 0.223 e. The SMILES string of the molecule is CCC(CC)[C@@H]1CN(C(=O)CCC(N)=O)C[C@H]1O. The van der Waals surface area contributed by atoms with Crippen LogP contribution in [-0.4, -0.2) is 41.0 Å². The van der Waals surface area contributed by atoms with Gasteiger partial charge in [-0.15, -0.1) is 0 Å². The minimum absolute atomic E-state index is 0.0821. The summed E-state index contributed by atoms with van der Waals surface area (Å²) in [5, 5.41) is 10.0. The van der Waals surface area contributed by atoms with Gasteiger partial charge in [-0.25, -0.2) is 0 Å². The quantitative estimate of drug-likeness (QED) is 0.726. The molecular weight excluding hydrogens is 232 g/mol. The van der Waals surface area contributed by atoms with Crippen LogP contribution in [0, 0.1) is 11.8 Å². The maximum atomic E-state index is 11.8. The van der Waals surface area contributed by atoms with E-state index in [4.69, 9.17) is 5.73 Å². The van der Waals surface area contributed by atoms with Gasteiger partial charge in [0, 0.05) is 31.8 Å². The van der Waals surface area contributed by atoms with Crippen LogP contribution in [0.5, 0.6) is 0 Å². The van der Waals surface area contributed by atoms with Gasteiger partial charge in [-0.1, -0.05) is 26.7 Å². The fraction of sp³-hybridized carbons (Fsp3) is 0.846. The number of likely N-dealkylation sites (tertiary alicyclic amines) is 1. The van der Waals surface area contributed by atoms with Crippen molar-refractivity contribution >= 4 is 11.8 Å². The lowest BCUT2D eigenvalue weighted by atomic mass is 9.86. The molecule has 0 radical (unpaired) electrons. The molecule has 1 saturated heterocycles. The number of hydrogen-bond donors (Lipinski definition) is 2. The molecule has 0 aromatic heterocycles. The van der Waals surface area contributed by atoms with Crippen LogP contribution in [0.3, 0.4) is 0 Å². The van der Waals surface area contributed by atoms with Crippen LogP contribution in [0.2, 0.25) is 0 Å². The average molecular weight is 256 g/mol. The number of amides is 2. The number of β-amino-alcohol motifs (C(OH)–C–C–N with tert-alkyl or cyclic N) is 1. The van der Waals surface area contributed by atoms with Crippen LogP contribution >= 0.6 is 0 Å². The van der Waals surface area contributed by atoms with Crippen LogP contribution in [-0.2, 0) is 9.59 Å². The van der Waals surface area contributed by atoms with Crippen molar-refractivity contribution in [3.63, 3.8) is 0 Å². The number of nitrogens with zero attached hydrogens (tertiary/aromatic N) is 1. The highest BCUT2D eigenvalue weighted by atomic mass is 16.3. The average Bonchev–Trinajstić information content (AvgIpc) is 2.70. The Labute approximate surface area is 108 Å². The number of aliphatic hydroxyl groups is 1. The monoisotopic (exact) mass is 256 g/mol. The molecule has 1 heterocycles. The molecule has 104 valence electrons. The third-order valence-corrected chi connectivity index (χ3v) is 3.93. The summed E-state index contributed by atoms with van der Waals surface area (Å²) >= 11 is 0. The number of primary amides is 1. The van der Waals surface area contributed by atoms with E-state index in [1.54, 1.807) is 4.90 Å². The smallest absolute Gasteiger partial charge is 0.223 e. The Hall–Kier alpha value is -1.10. The Morgan fingerprint density at radius 1 is 1.28 bits per heavy atom. The summed E-state index contributed by atoms with van der Waals surface area (Å²) < 4.78 is 0. The highest BCUT2D eigenvalue weighted by molar-refractivity contribution is 5.83. The highest BCUT2D eigenvalue weighted by Gasteiger charge is 2.37. The van der Waals surface area contributed by atoms with Gasteiger partial charge in [-0.2, -0.15) is 0 Å². The normalized spacial score (nSPS) is 23.7. The van der Waals surface area contributed by atoms with E-state index < -0.39 is 12.0 Å². The Bertz CT molecular complexity index is 303. The predicted octanol–water partition coefficient (Wildman–Crippen LogP) is 0.507. The van der Waals surface area contributed by atoms with Crippen LogP contribution < -0.4 is 5.73 Å². The summed E-state index contributed by atoms with van der Waals surface area (Å²) in [7, 11) is 0. The molecule has 0 saturated carbocycles. The molecule has 0 aliphatic carbocycles. The fourth-order valence-electron chi connectivity index (χ4n) is 2.76. The first-order chi connectivity index (χ1) is 8.49. The summed E-state index contributed by atoms with van der Waals surface area (Å²) in [5.74, 6) is 0.0763. The van der Waals surface area contributed by atoms with Crippen molar-refractivity contribution in [2.24, 2.45) is 17.6 Å². The van der Waals surface area contributed by atoms with Crippen LogP contribution in [0.15, 0.2) is 0 Å². The molecule has 2 amide bonds. The first-order valence-corrected chi connectivity index (χ1v) is 6.73. The van der Waals surface area contributed by atoms with Gasteiger partial charge in [-0.3, -0.25) is 9.59 Å². The van der Waals surface area contributed by atoms with E-state index >= 15 is 0 Å². The largest absolute Gasteiger partial charge is 0.391 e. The minimum atomic E-state index is -0.459. The standard InChI is InChI=1S/C13H24N2O3/c1-3-9(4-2)10-7-15(8-11(10)16)13(18)6-5-12(14)17/h9-11,16H,3-8H2,1-2H3,(H2,14,17)/t10-,11+/m0/s1. The zero-order chi connectivity index (χ0) is 13.7. The second kappa shape index (κ2) is 6.73. The maximum absolute atomic E-state index is 11.8. The van der Waals surface area contributed by atoms with Gasteiger partial charge in [-0.05, 0) is 5.92 Å². The van der Waals surface area contributed by atoms with Gasteiger partial charge in [0.25, 0.3) is 0 Å². The molecule has 0 spiro atoms. The predicted molar refractivity (Wildman–Crippen MR) is 68.6 cm³/mol. The molecular formula is C13H24N2O3. The lowest BCUT2D eigenvalue weighted by molar-refractivity contribution is -0.132. The van der Waals surface area contributed by atoms with Crippen molar-refractivity contribution in [3.8, 4) is 0 Å². The first kappa shape index (κ1) is 15.0. The van der Waals surface area contributed by atoms with E-state index in [1.807, 2.05) is 0 Å². The van der Waals surface area contributed by atoms with E-state index in [-0.39, 0.29) is 24.7 Å². The molecule has 0 aromatic rings. The molecule has 5 heteroatoms. The molecule has 0 aromatic carbocycles. The zero-order valence-electron chi connectivity index (χ0n) is 11.3. The molecule has 2 atom stereocenters. The number of carbonyl (C=O) groups is 2. The fourth-order valence-corrected chi connectivity index (χ4v) is 2.76. The van der Waals surface area contributed by atoms with Crippen molar-refractivity contribution in [2.45, 2.75) is 45.6 Å².